The van der Waals surface area contributed by atoms with Gasteiger partial charge in [0, 0.05) is 60.5 Å². The van der Waals surface area contributed by atoms with Gasteiger partial charge in [0.15, 0.2) is 23.4 Å². The number of nitrogen functional groups attached to an aromatic ring is 1. The Bertz CT molecular complexity index is 2280. The molecule has 0 spiro atoms. The molecule has 1 saturated heterocycles. The van der Waals surface area contributed by atoms with Crippen molar-refractivity contribution in [2.75, 3.05) is 43.5 Å². The van der Waals surface area contributed by atoms with Crippen molar-refractivity contribution < 1.29 is 38.0 Å². The fraction of sp³-hybridized carbons (Fsp3) is 0.436. The zero-order chi connectivity index (χ0) is 39.1. The molecule has 2 aromatic carbocycles. The van der Waals surface area contributed by atoms with E-state index in [1.807, 2.05) is 18.2 Å². The molecule has 292 valence electrons. The van der Waals surface area contributed by atoms with Gasteiger partial charge in [-0.3, -0.25) is 18.9 Å². The van der Waals surface area contributed by atoms with Gasteiger partial charge in [0.25, 0.3) is 13.4 Å². The maximum absolute atomic E-state index is 12.8. The summed E-state index contributed by atoms with van der Waals surface area (Å²) < 4.78 is 32.9. The number of aliphatic hydroxyl groups is 2. The third kappa shape index (κ3) is 7.45. The molecule has 16 heteroatoms. The maximum Gasteiger partial charge on any atom is 0.280 e. The van der Waals surface area contributed by atoms with Crippen LogP contribution in [0.3, 0.4) is 0 Å². The minimum atomic E-state index is -4.75. The molecule has 55 heavy (non-hydrogen) atoms. The molecule has 4 atom stereocenters. The number of nitrogens with one attached hydrogen (secondary N) is 1. The van der Waals surface area contributed by atoms with Gasteiger partial charge in [-0.25, -0.2) is 4.98 Å². The number of hydrogen-bond acceptors (Lipinski definition) is 12. The van der Waals surface area contributed by atoms with E-state index in [9.17, 15) is 24.5 Å². The van der Waals surface area contributed by atoms with E-state index in [1.54, 1.807) is 0 Å². The Morgan fingerprint density at radius 1 is 1.11 bits per heavy atom. The summed E-state index contributed by atoms with van der Waals surface area (Å²) in [5, 5.41) is 20.3. The van der Waals surface area contributed by atoms with Crippen molar-refractivity contribution in [2.45, 2.75) is 76.2 Å². The minimum absolute atomic E-state index is 0.0598. The van der Waals surface area contributed by atoms with Crippen molar-refractivity contribution >= 4 is 42.0 Å². The number of aliphatic hydroxyl groups excluding tert-OH is 2. The standard InChI is InChI=1S/C39H48N7O8P/c1-38(2)25-12-5-7-14-27(25)44(18-10-20-47)31(38)16-9-17-32-39(3,4)26-13-6-8-15-28(26)45(32)19-11-21-52-55(50,51)53-23-30-29(48)22-33(54-30)46-24-41-34-35(46)42-37(40)43-36(34)49/h5-9,12-17,24,29-30,33,47-48H,10-11,18-23H2,1-4H3,(H3-,40,42,43,49,50,51). The lowest BCUT2D eigenvalue weighted by Crippen LogP contribution is -2.29. The summed E-state index contributed by atoms with van der Waals surface area (Å²) in [7, 11) is -4.75. The summed E-state index contributed by atoms with van der Waals surface area (Å²) in [5.41, 5.74) is 11.7. The Morgan fingerprint density at radius 3 is 2.64 bits per heavy atom. The van der Waals surface area contributed by atoms with Crippen LogP contribution in [0.2, 0.25) is 0 Å². The molecule has 2 aromatic heterocycles. The van der Waals surface area contributed by atoms with Gasteiger partial charge in [0.2, 0.25) is 11.6 Å². The maximum atomic E-state index is 12.8. The molecule has 4 aromatic rings. The van der Waals surface area contributed by atoms with Crippen molar-refractivity contribution in [2.24, 2.45) is 0 Å². The first kappa shape index (κ1) is 38.8. The fourth-order valence-corrected chi connectivity index (χ4v) is 8.77. The highest BCUT2D eigenvalue weighted by Crippen LogP contribution is 2.48. The molecule has 15 nitrogen and oxygen atoms in total. The highest BCUT2D eigenvalue weighted by Gasteiger charge is 2.44. The monoisotopic (exact) mass is 773 g/mol. The Hall–Kier alpha value is -4.47. The molecule has 4 unspecified atom stereocenters. The van der Waals surface area contributed by atoms with Crippen molar-refractivity contribution in [1.82, 2.24) is 19.5 Å². The Balaban J connectivity index is 0.999. The summed E-state index contributed by atoms with van der Waals surface area (Å²) in [6, 6.07) is 16.6. The second-order valence-electron chi connectivity index (χ2n) is 15.1. The van der Waals surface area contributed by atoms with Gasteiger partial charge in [0.05, 0.1) is 31.1 Å². The molecule has 5 heterocycles. The topological polar surface area (TPSA) is 204 Å². The van der Waals surface area contributed by atoms with Crippen LogP contribution in [0.15, 0.2) is 83.6 Å². The summed E-state index contributed by atoms with van der Waals surface area (Å²) in [6.07, 6.45) is 6.04. The summed E-state index contributed by atoms with van der Waals surface area (Å²) in [4.78, 5) is 37.8. The van der Waals surface area contributed by atoms with Gasteiger partial charge in [-0.1, -0.05) is 56.3 Å². The SMILES string of the molecule is CC1(C)C(/C=C/C=C2\N(CCCOP(=O)([O-])OCC3OC(n4cnc5c(=O)[nH]c(N)nc54)CC3O)c3ccccc3C2(C)C)=[N+](CCCO)c2ccccc21. The average Bonchev–Trinajstić information content (AvgIpc) is 3.85. The molecule has 0 bridgehead atoms. The number of nitrogens with zero attached hydrogens (tertiary/aromatic N) is 5. The largest absolute Gasteiger partial charge is 0.756 e. The number of hydrogen-bond donors (Lipinski definition) is 4. The van der Waals surface area contributed by atoms with Crippen LogP contribution in [0.4, 0.5) is 17.3 Å². The third-order valence-electron chi connectivity index (χ3n) is 10.8. The number of nitrogens with two attached hydrogens (primary N) is 1. The summed E-state index contributed by atoms with van der Waals surface area (Å²) >= 11 is 0. The molecular weight excluding hydrogens is 725 g/mol. The van der Waals surface area contributed by atoms with Crippen LogP contribution in [0.25, 0.3) is 11.2 Å². The van der Waals surface area contributed by atoms with Crippen molar-refractivity contribution in [3.63, 3.8) is 0 Å². The van der Waals surface area contributed by atoms with E-state index >= 15 is 0 Å². The lowest BCUT2D eigenvalue weighted by molar-refractivity contribution is -0.438. The van der Waals surface area contributed by atoms with Crippen molar-refractivity contribution in [3.8, 4) is 0 Å². The highest BCUT2D eigenvalue weighted by atomic mass is 31.2. The first-order chi connectivity index (χ1) is 26.2. The number of anilines is 2. The molecule has 3 aliphatic rings. The number of aromatic amines is 1. The Labute approximate surface area is 319 Å². The van der Waals surface area contributed by atoms with E-state index in [0.717, 1.165) is 22.8 Å². The van der Waals surface area contributed by atoms with Gasteiger partial charge < -0.3 is 39.5 Å². The minimum Gasteiger partial charge on any atom is -0.756 e. The number of para-hydroxylation sites is 2. The van der Waals surface area contributed by atoms with E-state index < -0.39 is 38.4 Å². The van der Waals surface area contributed by atoms with Crippen LogP contribution in [0.1, 0.15) is 64.3 Å². The van der Waals surface area contributed by atoms with Crippen molar-refractivity contribution in [1.29, 1.82) is 0 Å². The first-order valence-electron chi connectivity index (χ1n) is 18.5. The van der Waals surface area contributed by atoms with Crippen LogP contribution in [-0.2, 0) is 29.2 Å². The van der Waals surface area contributed by atoms with Crippen molar-refractivity contribution in [3.05, 3.63) is 100 Å². The predicted molar refractivity (Wildman–Crippen MR) is 206 cm³/mol. The lowest BCUT2D eigenvalue weighted by atomic mass is 9.81. The van der Waals surface area contributed by atoms with Gasteiger partial charge in [0.1, 0.15) is 12.3 Å². The molecule has 1 fully saturated rings. The Morgan fingerprint density at radius 2 is 1.85 bits per heavy atom. The number of phosphoric ester groups is 1. The van der Waals surface area contributed by atoms with Gasteiger partial charge in [-0.2, -0.15) is 9.56 Å². The molecule has 0 saturated carbocycles. The van der Waals surface area contributed by atoms with Crippen LogP contribution >= 0.6 is 7.82 Å². The predicted octanol–water partition coefficient (Wildman–Crippen LogP) is 3.94. The number of allylic oxidation sites excluding steroid dienone is 4. The van der Waals surface area contributed by atoms with E-state index in [-0.39, 0.29) is 47.6 Å². The molecule has 0 aliphatic carbocycles. The van der Waals surface area contributed by atoms with E-state index in [1.165, 1.54) is 22.0 Å². The van der Waals surface area contributed by atoms with Gasteiger partial charge in [-0.05, 0) is 38.0 Å². The van der Waals surface area contributed by atoms with Crippen LogP contribution < -0.4 is 21.1 Å². The van der Waals surface area contributed by atoms with E-state index in [0.29, 0.717) is 25.9 Å². The number of rotatable bonds is 14. The zero-order valence-electron chi connectivity index (χ0n) is 31.4. The number of H-pyrrole nitrogens is 1. The second kappa shape index (κ2) is 15.2. The summed E-state index contributed by atoms with van der Waals surface area (Å²) in [5.74, 6) is -0.0969. The smallest absolute Gasteiger partial charge is 0.280 e. The zero-order valence-corrected chi connectivity index (χ0v) is 32.3. The number of imidazole rings is 1. The molecule has 7 rings (SSSR count). The van der Waals surface area contributed by atoms with Crippen LogP contribution in [-0.4, -0.2) is 85.1 Å². The van der Waals surface area contributed by atoms with Crippen LogP contribution in [0.5, 0.6) is 0 Å². The molecule has 0 amide bonds. The highest BCUT2D eigenvalue weighted by molar-refractivity contribution is 7.45. The number of benzene rings is 2. The number of phosphoric acid groups is 1. The Kier molecular flexibility index (Phi) is 10.7. The van der Waals surface area contributed by atoms with Crippen LogP contribution in [0, 0.1) is 0 Å². The number of ether oxygens (including phenoxy) is 1. The quantitative estimate of drug-likeness (QED) is 0.0818. The number of aromatic nitrogens is 4. The molecule has 5 N–H and O–H groups in total. The second-order valence-corrected chi connectivity index (χ2v) is 16.5. The normalized spacial score (nSPS) is 23.3. The van der Waals surface area contributed by atoms with Gasteiger partial charge >= 0.3 is 0 Å². The molecule has 3 aliphatic heterocycles. The number of fused-ring (bicyclic) bond motifs is 3. The lowest BCUT2D eigenvalue weighted by Gasteiger charge is -2.28. The van der Waals surface area contributed by atoms with E-state index in [4.69, 9.17) is 19.5 Å². The fourth-order valence-electron chi connectivity index (χ4n) is 8.01. The average molecular weight is 774 g/mol. The van der Waals surface area contributed by atoms with Gasteiger partial charge in [-0.15, -0.1) is 0 Å². The molecular formula is C39H48N7O8P. The third-order valence-corrected chi connectivity index (χ3v) is 11.7. The summed E-state index contributed by atoms with van der Waals surface area (Å²) in [6.45, 7) is 9.53. The molecule has 0 radical (unpaired) electrons. The van der Waals surface area contributed by atoms with E-state index in [2.05, 4.69) is 101 Å². The first-order valence-corrected chi connectivity index (χ1v) is 20.0.